The first-order chi connectivity index (χ1) is 15.6. The van der Waals surface area contributed by atoms with Gasteiger partial charge in [-0.1, -0.05) is 42.5 Å². The lowest BCUT2D eigenvalue weighted by molar-refractivity contribution is -0.120. The summed E-state index contributed by atoms with van der Waals surface area (Å²) in [4.78, 5) is 41.5. The van der Waals surface area contributed by atoms with Gasteiger partial charge >= 0.3 is 0 Å². The van der Waals surface area contributed by atoms with Crippen LogP contribution in [-0.4, -0.2) is 33.1 Å². The van der Waals surface area contributed by atoms with Crippen LogP contribution in [0.2, 0.25) is 0 Å². The van der Waals surface area contributed by atoms with Crippen molar-refractivity contribution in [3.8, 4) is 0 Å². The Labute approximate surface area is 183 Å². The van der Waals surface area contributed by atoms with Crippen LogP contribution in [0, 0.1) is 0 Å². The van der Waals surface area contributed by atoms with Crippen LogP contribution in [-0.2, 0) is 17.9 Å². The van der Waals surface area contributed by atoms with Gasteiger partial charge in [-0.25, -0.2) is 4.68 Å². The molecule has 0 saturated carbocycles. The molecule has 8 nitrogen and oxygen atoms in total. The molecule has 4 aromatic rings. The molecule has 0 aliphatic rings. The van der Waals surface area contributed by atoms with Crippen molar-refractivity contribution in [3.63, 3.8) is 0 Å². The van der Waals surface area contributed by atoms with Gasteiger partial charge < -0.3 is 10.6 Å². The van der Waals surface area contributed by atoms with E-state index in [9.17, 15) is 14.4 Å². The van der Waals surface area contributed by atoms with E-state index in [0.717, 1.165) is 0 Å². The largest absolute Gasteiger partial charge is 0.349 e. The van der Waals surface area contributed by atoms with Gasteiger partial charge in [0, 0.05) is 17.1 Å². The summed E-state index contributed by atoms with van der Waals surface area (Å²) in [6.07, 6.45) is 1.66. The highest BCUT2D eigenvalue weighted by Gasteiger charge is 2.13. The fourth-order valence-corrected chi connectivity index (χ4v) is 3.29. The first-order valence-corrected chi connectivity index (χ1v) is 10.1. The van der Waals surface area contributed by atoms with Crippen molar-refractivity contribution in [3.05, 3.63) is 106 Å². The molecule has 0 radical (unpaired) electrons. The monoisotopic (exact) mass is 427 g/mol. The second-order valence-electron chi connectivity index (χ2n) is 7.10. The number of hydrogen-bond donors (Lipinski definition) is 2. The third-order valence-corrected chi connectivity index (χ3v) is 4.88. The average molecular weight is 427 g/mol. The lowest BCUT2D eigenvalue weighted by Gasteiger charge is -2.12. The number of pyridine rings is 1. The summed E-state index contributed by atoms with van der Waals surface area (Å²) in [6.45, 7) is 0.168. The predicted octanol–water partition coefficient (Wildman–Crippen LogP) is 1.89. The third-order valence-electron chi connectivity index (χ3n) is 4.88. The number of fused-ring (bicyclic) bond motifs is 1. The zero-order valence-electron chi connectivity index (χ0n) is 17.2. The molecule has 160 valence electrons. The average Bonchev–Trinajstić information content (AvgIpc) is 2.84. The number of nitrogens with zero attached hydrogens (tertiary/aromatic N) is 3. The summed E-state index contributed by atoms with van der Waals surface area (Å²) in [6, 6.07) is 21.3. The lowest BCUT2D eigenvalue weighted by Crippen LogP contribution is -2.37. The van der Waals surface area contributed by atoms with Crippen LogP contribution in [0.15, 0.2) is 83.8 Å². The summed E-state index contributed by atoms with van der Waals surface area (Å²) in [5.74, 6) is -0.684. The molecule has 8 heteroatoms. The maximum absolute atomic E-state index is 12.9. The quantitative estimate of drug-likeness (QED) is 0.469. The molecule has 2 aromatic heterocycles. The van der Waals surface area contributed by atoms with Crippen molar-refractivity contribution in [1.82, 2.24) is 25.4 Å². The van der Waals surface area contributed by atoms with Gasteiger partial charge in [-0.05, 0) is 30.3 Å². The van der Waals surface area contributed by atoms with Crippen LogP contribution in [0.3, 0.4) is 0 Å². The van der Waals surface area contributed by atoms with E-state index in [1.54, 1.807) is 54.7 Å². The number of benzene rings is 2. The zero-order chi connectivity index (χ0) is 22.3. The number of hydrogen-bond acceptors (Lipinski definition) is 5. The number of carbonyl (C=O) groups is 2. The number of carbonyl (C=O) groups excluding carboxylic acids is 2. The van der Waals surface area contributed by atoms with Crippen molar-refractivity contribution in [1.29, 1.82) is 0 Å². The Morgan fingerprint density at radius 2 is 1.56 bits per heavy atom. The smallest absolute Gasteiger partial charge is 0.275 e. The maximum atomic E-state index is 12.9. The molecule has 0 fully saturated rings. The van der Waals surface area contributed by atoms with Crippen LogP contribution >= 0.6 is 0 Å². The topological polar surface area (TPSA) is 106 Å². The van der Waals surface area contributed by atoms with E-state index in [1.165, 1.54) is 4.68 Å². The van der Waals surface area contributed by atoms with Gasteiger partial charge in [0.2, 0.25) is 5.91 Å². The normalized spacial score (nSPS) is 10.6. The molecule has 0 bridgehead atoms. The molecule has 2 N–H and O–H groups in total. The SMILES string of the molecule is O=C(CNC(=O)c1ccccc1)NCc1nn(Cc2ccccn2)c(=O)c2ccccc12. The summed E-state index contributed by atoms with van der Waals surface area (Å²) in [5, 5.41) is 11.0. The van der Waals surface area contributed by atoms with Crippen molar-refractivity contribution in [2.24, 2.45) is 0 Å². The number of nitrogens with one attached hydrogen (secondary N) is 2. The minimum absolute atomic E-state index is 0.114. The van der Waals surface area contributed by atoms with Gasteiger partial charge in [0.1, 0.15) is 0 Å². The summed E-state index contributed by atoms with van der Waals surface area (Å²) in [7, 11) is 0. The Morgan fingerprint density at radius 3 is 2.31 bits per heavy atom. The van der Waals surface area contributed by atoms with Crippen molar-refractivity contribution < 1.29 is 9.59 Å². The van der Waals surface area contributed by atoms with Crippen LogP contribution < -0.4 is 16.2 Å². The Bertz CT molecular complexity index is 1300. The Morgan fingerprint density at radius 1 is 0.844 bits per heavy atom. The zero-order valence-corrected chi connectivity index (χ0v) is 17.2. The first kappa shape index (κ1) is 20.9. The Balaban J connectivity index is 1.48. The van der Waals surface area contributed by atoms with E-state index in [1.807, 2.05) is 24.3 Å². The number of aromatic nitrogens is 3. The molecule has 0 aliphatic carbocycles. The molecule has 0 saturated heterocycles. The van der Waals surface area contributed by atoms with Crippen molar-refractivity contribution in [2.45, 2.75) is 13.1 Å². The van der Waals surface area contributed by atoms with E-state index < -0.39 is 0 Å². The van der Waals surface area contributed by atoms with Gasteiger partial charge in [-0.15, -0.1) is 0 Å². The van der Waals surface area contributed by atoms with Crippen LogP contribution in [0.25, 0.3) is 10.8 Å². The summed E-state index contributed by atoms with van der Waals surface area (Å²) < 4.78 is 1.35. The molecular weight excluding hydrogens is 406 g/mol. The van der Waals surface area contributed by atoms with E-state index in [0.29, 0.717) is 27.7 Å². The standard InChI is InChI=1S/C24H21N5O3/c30-22(15-27-23(31)17-8-2-1-3-9-17)26-14-21-19-11-4-5-12-20(19)24(32)29(28-21)16-18-10-6-7-13-25-18/h1-13H,14-16H2,(H,26,30)(H,27,31). The predicted molar refractivity (Wildman–Crippen MR) is 120 cm³/mol. The molecule has 0 spiro atoms. The highest BCUT2D eigenvalue weighted by Crippen LogP contribution is 2.13. The van der Waals surface area contributed by atoms with Gasteiger partial charge in [0.25, 0.3) is 11.5 Å². The van der Waals surface area contributed by atoms with E-state index in [-0.39, 0.29) is 37.0 Å². The minimum atomic E-state index is -0.359. The van der Waals surface area contributed by atoms with Crippen LogP contribution in [0.4, 0.5) is 0 Å². The second kappa shape index (κ2) is 9.65. The second-order valence-corrected chi connectivity index (χ2v) is 7.10. The van der Waals surface area contributed by atoms with Crippen molar-refractivity contribution in [2.75, 3.05) is 6.54 Å². The van der Waals surface area contributed by atoms with Gasteiger partial charge in [0.15, 0.2) is 0 Å². The molecular formula is C24H21N5O3. The lowest BCUT2D eigenvalue weighted by atomic mass is 10.1. The molecule has 4 rings (SSSR count). The Hall–Kier alpha value is -4.33. The first-order valence-electron chi connectivity index (χ1n) is 10.1. The van der Waals surface area contributed by atoms with Crippen LogP contribution in [0.5, 0.6) is 0 Å². The number of rotatable bonds is 7. The van der Waals surface area contributed by atoms with E-state index >= 15 is 0 Å². The molecule has 0 atom stereocenters. The molecule has 0 aliphatic heterocycles. The summed E-state index contributed by atoms with van der Waals surface area (Å²) >= 11 is 0. The Kier molecular flexibility index (Phi) is 6.31. The van der Waals surface area contributed by atoms with Crippen LogP contribution in [0.1, 0.15) is 21.7 Å². The molecule has 32 heavy (non-hydrogen) atoms. The molecule has 2 amide bonds. The fraction of sp³-hybridized carbons (Fsp3) is 0.125. The van der Waals surface area contributed by atoms with E-state index in [4.69, 9.17) is 0 Å². The molecule has 0 unspecified atom stereocenters. The summed E-state index contributed by atoms with van der Waals surface area (Å²) in [5.41, 5.74) is 1.51. The van der Waals surface area contributed by atoms with Gasteiger partial charge in [0.05, 0.1) is 36.4 Å². The number of amides is 2. The minimum Gasteiger partial charge on any atom is -0.349 e. The maximum Gasteiger partial charge on any atom is 0.275 e. The highest BCUT2D eigenvalue weighted by molar-refractivity contribution is 5.96. The third kappa shape index (κ3) is 4.86. The molecule has 2 aromatic carbocycles. The van der Waals surface area contributed by atoms with Gasteiger partial charge in [-0.2, -0.15) is 5.10 Å². The molecule has 2 heterocycles. The highest BCUT2D eigenvalue weighted by atomic mass is 16.2. The van der Waals surface area contributed by atoms with Crippen molar-refractivity contribution >= 4 is 22.6 Å². The van der Waals surface area contributed by atoms with E-state index in [2.05, 4.69) is 20.7 Å². The fourth-order valence-electron chi connectivity index (χ4n) is 3.29. The van der Waals surface area contributed by atoms with Gasteiger partial charge in [-0.3, -0.25) is 19.4 Å².